The number of nitrogens with one attached hydrogen (secondary N) is 1. The summed E-state index contributed by atoms with van der Waals surface area (Å²) in [7, 11) is 3.20. The van der Waals surface area contributed by atoms with Gasteiger partial charge in [0.2, 0.25) is 5.91 Å². The number of carbonyl (C=O) groups excluding carboxylic acids is 2. The first-order valence-corrected chi connectivity index (χ1v) is 5.64. The van der Waals surface area contributed by atoms with Crippen LogP contribution in [-0.2, 0) is 4.79 Å². The van der Waals surface area contributed by atoms with Gasteiger partial charge in [-0.1, -0.05) is 0 Å². The Kier molecular flexibility index (Phi) is 4.62. The molecule has 17 heavy (non-hydrogen) atoms. The number of hydrogen-bond donors (Lipinski definition) is 1. The Labute approximate surface area is 107 Å². The van der Waals surface area contributed by atoms with Crippen molar-refractivity contribution >= 4 is 27.7 Å². The first-order valence-electron chi connectivity index (χ1n) is 4.85. The van der Waals surface area contributed by atoms with Crippen LogP contribution in [0, 0.1) is 5.82 Å². The minimum atomic E-state index is -0.433. The Morgan fingerprint density at radius 1 is 1.41 bits per heavy atom. The summed E-state index contributed by atoms with van der Waals surface area (Å²) in [6, 6.07) is 3.74. The molecule has 0 bridgehead atoms. The van der Waals surface area contributed by atoms with Gasteiger partial charge in [0.25, 0.3) is 5.91 Å². The van der Waals surface area contributed by atoms with Crippen LogP contribution in [0.2, 0.25) is 0 Å². The van der Waals surface area contributed by atoms with Crippen molar-refractivity contribution in [3.63, 3.8) is 0 Å². The van der Waals surface area contributed by atoms with Crippen LogP contribution in [0.3, 0.4) is 0 Å². The largest absolute Gasteiger partial charge is 0.347 e. The maximum atomic E-state index is 12.8. The predicted molar refractivity (Wildman–Crippen MR) is 65.1 cm³/mol. The fraction of sp³-hybridized carbons (Fsp3) is 0.273. The van der Waals surface area contributed by atoms with Gasteiger partial charge in [-0.15, -0.1) is 0 Å². The summed E-state index contributed by atoms with van der Waals surface area (Å²) < 4.78 is 13.2. The summed E-state index contributed by atoms with van der Waals surface area (Å²) >= 11 is 3.09. The van der Waals surface area contributed by atoms with E-state index >= 15 is 0 Å². The highest BCUT2D eigenvalue weighted by molar-refractivity contribution is 9.10. The normalized spacial score (nSPS) is 9.88. The number of nitrogens with zero attached hydrogens (tertiary/aromatic N) is 1. The molecule has 2 amide bonds. The molecule has 0 saturated carbocycles. The number of hydrogen-bond acceptors (Lipinski definition) is 2. The highest BCUT2D eigenvalue weighted by Crippen LogP contribution is 2.17. The van der Waals surface area contributed by atoms with E-state index in [0.717, 1.165) is 0 Å². The van der Waals surface area contributed by atoms with Crippen molar-refractivity contribution in [3.8, 4) is 0 Å². The molecule has 0 atom stereocenters. The predicted octanol–water partition coefficient (Wildman–Crippen LogP) is 1.41. The molecule has 0 aliphatic carbocycles. The molecule has 92 valence electrons. The average molecular weight is 303 g/mol. The smallest absolute Gasteiger partial charge is 0.252 e. The van der Waals surface area contributed by atoms with Crippen molar-refractivity contribution in [1.82, 2.24) is 10.2 Å². The zero-order valence-electron chi connectivity index (χ0n) is 9.46. The fourth-order valence-electron chi connectivity index (χ4n) is 1.08. The molecule has 0 unspecified atom stereocenters. The highest BCUT2D eigenvalue weighted by Gasteiger charge is 2.12. The van der Waals surface area contributed by atoms with E-state index in [0.29, 0.717) is 4.47 Å². The monoisotopic (exact) mass is 302 g/mol. The van der Waals surface area contributed by atoms with Crippen LogP contribution in [0.5, 0.6) is 0 Å². The third-order valence-corrected chi connectivity index (χ3v) is 2.73. The van der Waals surface area contributed by atoms with Crippen LogP contribution < -0.4 is 5.32 Å². The summed E-state index contributed by atoms with van der Waals surface area (Å²) in [4.78, 5) is 24.3. The maximum absolute atomic E-state index is 12.8. The molecule has 1 N–H and O–H groups in total. The zero-order chi connectivity index (χ0) is 13.0. The van der Waals surface area contributed by atoms with E-state index in [9.17, 15) is 14.0 Å². The lowest BCUT2D eigenvalue weighted by molar-refractivity contribution is -0.127. The molecule has 0 aliphatic heterocycles. The zero-order valence-corrected chi connectivity index (χ0v) is 11.0. The second-order valence-corrected chi connectivity index (χ2v) is 4.45. The van der Waals surface area contributed by atoms with Crippen LogP contribution in [-0.4, -0.2) is 37.4 Å². The molecule has 0 heterocycles. The summed E-state index contributed by atoms with van der Waals surface area (Å²) in [5, 5.41) is 2.46. The summed E-state index contributed by atoms with van der Waals surface area (Å²) in [5.41, 5.74) is 0.290. The molecular formula is C11H12BrFN2O2. The van der Waals surface area contributed by atoms with Crippen LogP contribution in [0.4, 0.5) is 4.39 Å². The summed E-state index contributed by atoms with van der Waals surface area (Å²) in [5.74, 6) is -1.07. The minimum Gasteiger partial charge on any atom is -0.347 e. The van der Waals surface area contributed by atoms with E-state index in [1.165, 1.54) is 23.1 Å². The fourth-order valence-corrected chi connectivity index (χ4v) is 1.61. The second kappa shape index (κ2) is 5.77. The molecular weight excluding hydrogens is 291 g/mol. The lowest BCUT2D eigenvalue weighted by atomic mass is 10.2. The molecule has 0 spiro atoms. The van der Waals surface area contributed by atoms with E-state index in [2.05, 4.69) is 21.2 Å². The van der Waals surface area contributed by atoms with Crippen LogP contribution in [0.1, 0.15) is 10.4 Å². The lowest BCUT2D eigenvalue weighted by Crippen LogP contribution is -2.36. The third kappa shape index (κ3) is 3.81. The number of halogens is 2. The highest BCUT2D eigenvalue weighted by atomic mass is 79.9. The second-order valence-electron chi connectivity index (χ2n) is 3.60. The molecule has 4 nitrogen and oxygen atoms in total. The molecule has 6 heteroatoms. The number of carbonyl (C=O) groups is 2. The Morgan fingerprint density at radius 3 is 2.59 bits per heavy atom. The minimum absolute atomic E-state index is 0.0876. The van der Waals surface area contributed by atoms with Crippen LogP contribution in [0.25, 0.3) is 0 Å². The van der Waals surface area contributed by atoms with Crippen molar-refractivity contribution in [2.24, 2.45) is 0 Å². The van der Waals surface area contributed by atoms with E-state index in [4.69, 9.17) is 0 Å². The van der Waals surface area contributed by atoms with Gasteiger partial charge in [0, 0.05) is 18.6 Å². The molecule has 0 saturated heterocycles. The Bertz CT molecular complexity index is 449. The summed E-state index contributed by atoms with van der Waals surface area (Å²) in [6.07, 6.45) is 0. The number of rotatable bonds is 3. The van der Waals surface area contributed by atoms with E-state index in [-0.39, 0.29) is 18.0 Å². The topological polar surface area (TPSA) is 49.4 Å². The van der Waals surface area contributed by atoms with Crippen molar-refractivity contribution in [2.45, 2.75) is 0 Å². The molecule has 0 aromatic heterocycles. The number of amides is 2. The summed E-state index contributed by atoms with van der Waals surface area (Å²) in [6.45, 7) is -0.0876. The van der Waals surface area contributed by atoms with Gasteiger partial charge in [0.15, 0.2) is 0 Å². The van der Waals surface area contributed by atoms with Crippen LogP contribution >= 0.6 is 15.9 Å². The van der Waals surface area contributed by atoms with Gasteiger partial charge in [-0.25, -0.2) is 4.39 Å². The molecule has 1 aromatic rings. The van der Waals surface area contributed by atoms with Crippen molar-refractivity contribution in [1.29, 1.82) is 0 Å². The van der Waals surface area contributed by atoms with Gasteiger partial charge in [0.1, 0.15) is 5.82 Å². The first-order chi connectivity index (χ1) is 7.91. The van der Waals surface area contributed by atoms with Gasteiger partial charge in [-0.05, 0) is 34.1 Å². The molecule has 0 aliphatic rings. The quantitative estimate of drug-likeness (QED) is 0.918. The van der Waals surface area contributed by atoms with E-state index in [1.54, 1.807) is 14.1 Å². The van der Waals surface area contributed by atoms with Crippen molar-refractivity contribution in [2.75, 3.05) is 20.6 Å². The standard InChI is InChI=1S/C11H12BrFN2O2/c1-15(2)10(16)6-14-11(17)8-4-3-7(13)5-9(8)12/h3-5H,6H2,1-2H3,(H,14,17). The lowest BCUT2D eigenvalue weighted by Gasteiger charge is -2.11. The first kappa shape index (κ1) is 13.6. The number of benzene rings is 1. The van der Waals surface area contributed by atoms with Crippen LogP contribution in [0.15, 0.2) is 22.7 Å². The van der Waals surface area contributed by atoms with Crippen molar-refractivity contribution in [3.05, 3.63) is 34.1 Å². The van der Waals surface area contributed by atoms with E-state index < -0.39 is 11.7 Å². The molecule has 0 radical (unpaired) electrons. The Morgan fingerprint density at radius 2 is 2.06 bits per heavy atom. The molecule has 1 aromatic carbocycles. The van der Waals surface area contributed by atoms with E-state index in [1.807, 2.05) is 0 Å². The van der Waals surface area contributed by atoms with Gasteiger partial charge < -0.3 is 10.2 Å². The van der Waals surface area contributed by atoms with Gasteiger partial charge >= 0.3 is 0 Å². The third-order valence-electron chi connectivity index (χ3n) is 2.07. The Balaban J connectivity index is 2.68. The van der Waals surface area contributed by atoms with Gasteiger partial charge in [-0.2, -0.15) is 0 Å². The maximum Gasteiger partial charge on any atom is 0.252 e. The molecule has 1 rings (SSSR count). The average Bonchev–Trinajstić information content (AvgIpc) is 2.25. The van der Waals surface area contributed by atoms with Crippen molar-refractivity contribution < 1.29 is 14.0 Å². The molecule has 0 fully saturated rings. The number of likely N-dealkylation sites (N-methyl/N-ethyl adjacent to an activating group) is 1. The SMILES string of the molecule is CN(C)C(=O)CNC(=O)c1ccc(F)cc1Br. The van der Waals surface area contributed by atoms with Gasteiger partial charge in [0.05, 0.1) is 12.1 Å². The van der Waals surface area contributed by atoms with Gasteiger partial charge in [-0.3, -0.25) is 9.59 Å². The Hall–Kier alpha value is -1.43.